The molecule has 56 valence electrons. The Morgan fingerprint density at radius 1 is 1.00 bits per heavy atom. The second-order valence-electron chi connectivity index (χ2n) is 1.47. The minimum absolute atomic E-state index is 0. The summed E-state index contributed by atoms with van der Waals surface area (Å²) in [5.41, 5.74) is 0. The van der Waals surface area contributed by atoms with E-state index in [-0.39, 0.29) is 24.8 Å². The summed E-state index contributed by atoms with van der Waals surface area (Å²) in [5, 5.41) is 1.25. The van der Waals surface area contributed by atoms with Crippen LogP contribution in [0.3, 0.4) is 0 Å². The Morgan fingerprint density at radius 3 is 1.80 bits per heavy atom. The Morgan fingerprint density at radius 2 is 1.50 bits per heavy atom. The van der Waals surface area contributed by atoms with E-state index in [1.807, 2.05) is 30.3 Å². The molecule has 1 atom stereocenters. The lowest BCUT2D eigenvalue weighted by Gasteiger charge is -1.75. The molecular formula is C6H8Cl2PS+. The van der Waals surface area contributed by atoms with Gasteiger partial charge in [0, 0.05) is 0 Å². The number of halogens is 2. The molecular weight excluding hydrogens is 206 g/mol. The highest BCUT2D eigenvalue weighted by atomic mass is 35.5. The SMILES string of the molecule is Cl.Cl.S=[PH+]c1ccccc1. The van der Waals surface area contributed by atoms with Crippen molar-refractivity contribution in [3.63, 3.8) is 0 Å². The molecule has 1 rings (SSSR count). The summed E-state index contributed by atoms with van der Waals surface area (Å²) in [6, 6.07) is 10.1. The van der Waals surface area contributed by atoms with Crippen LogP contribution in [0, 0.1) is 0 Å². The maximum absolute atomic E-state index is 4.85. The lowest BCUT2D eigenvalue weighted by atomic mass is 10.4. The molecule has 0 heterocycles. The van der Waals surface area contributed by atoms with Crippen molar-refractivity contribution in [3.8, 4) is 0 Å². The van der Waals surface area contributed by atoms with E-state index < -0.39 is 0 Å². The number of hydrogen-bond donors (Lipinski definition) is 0. The Balaban J connectivity index is 0. The zero-order valence-electron chi connectivity index (χ0n) is 5.11. The van der Waals surface area contributed by atoms with Gasteiger partial charge in [-0.2, -0.15) is 0 Å². The van der Waals surface area contributed by atoms with Crippen molar-refractivity contribution in [3.05, 3.63) is 30.3 Å². The van der Waals surface area contributed by atoms with Gasteiger partial charge in [-0.25, -0.2) is 0 Å². The maximum Gasteiger partial charge on any atom is 0.198 e. The highest BCUT2D eigenvalue weighted by Crippen LogP contribution is 1.92. The molecule has 0 saturated carbocycles. The summed E-state index contributed by atoms with van der Waals surface area (Å²) in [7, 11) is 0.513. The van der Waals surface area contributed by atoms with E-state index in [2.05, 4.69) is 0 Å². The Bertz CT molecular complexity index is 178. The highest BCUT2D eigenvalue weighted by molar-refractivity contribution is 7.99. The Hall–Kier alpha value is 0.320. The minimum atomic E-state index is 0. The first-order valence-corrected chi connectivity index (χ1v) is 4.50. The van der Waals surface area contributed by atoms with Crippen molar-refractivity contribution in [2.75, 3.05) is 0 Å². The van der Waals surface area contributed by atoms with Crippen LogP contribution in [0.5, 0.6) is 0 Å². The van der Waals surface area contributed by atoms with E-state index in [1.165, 1.54) is 5.30 Å². The first-order valence-electron chi connectivity index (χ1n) is 2.36. The molecule has 0 saturated heterocycles. The molecule has 10 heavy (non-hydrogen) atoms. The van der Waals surface area contributed by atoms with Gasteiger partial charge < -0.3 is 0 Å². The molecule has 0 aliphatic carbocycles. The van der Waals surface area contributed by atoms with Crippen molar-refractivity contribution >= 4 is 49.3 Å². The first-order chi connectivity index (χ1) is 3.93. The summed E-state index contributed by atoms with van der Waals surface area (Å²) < 4.78 is 0. The van der Waals surface area contributed by atoms with Gasteiger partial charge in [-0.05, 0) is 12.1 Å². The second kappa shape index (κ2) is 7.43. The van der Waals surface area contributed by atoms with Crippen molar-refractivity contribution in [1.82, 2.24) is 0 Å². The molecule has 1 aromatic carbocycles. The average Bonchev–Trinajstić information content (AvgIpc) is 1.90. The van der Waals surface area contributed by atoms with Crippen LogP contribution in [-0.2, 0) is 11.8 Å². The lowest BCUT2D eigenvalue weighted by Crippen LogP contribution is -1.84. The van der Waals surface area contributed by atoms with E-state index in [1.54, 1.807) is 0 Å². The van der Waals surface area contributed by atoms with Crippen LogP contribution in [-0.4, -0.2) is 0 Å². The van der Waals surface area contributed by atoms with E-state index in [0.29, 0.717) is 7.36 Å². The van der Waals surface area contributed by atoms with Gasteiger partial charge in [-0.15, -0.1) is 24.8 Å². The number of rotatable bonds is 1. The summed E-state index contributed by atoms with van der Waals surface area (Å²) in [6.45, 7) is 0. The summed E-state index contributed by atoms with van der Waals surface area (Å²) in [6.07, 6.45) is 0. The van der Waals surface area contributed by atoms with Gasteiger partial charge in [0.25, 0.3) is 0 Å². The van der Waals surface area contributed by atoms with Gasteiger partial charge >= 0.3 is 0 Å². The molecule has 0 bridgehead atoms. The largest absolute Gasteiger partial charge is 0.198 e. The zero-order chi connectivity index (χ0) is 5.82. The molecule has 0 fully saturated rings. The third-order valence-corrected chi connectivity index (χ3v) is 2.17. The van der Waals surface area contributed by atoms with Crippen LogP contribution < -0.4 is 5.30 Å². The number of hydrogen-bond acceptors (Lipinski definition) is 1. The quantitative estimate of drug-likeness (QED) is 0.646. The van der Waals surface area contributed by atoms with E-state index in [4.69, 9.17) is 11.8 Å². The Labute approximate surface area is 79.7 Å². The van der Waals surface area contributed by atoms with Crippen molar-refractivity contribution < 1.29 is 0 Å². The molecule has 0 N–H and O–H groups in total. The van der Waals surface area contributed by atoms with Crippen LogP contribution >= 0.6 is 32.2 Å². The van der Waals surface area contributed by atoms with Crippen molar-refractivity contribution in [2.24, 2.45) is 0 Å². The minimum Gasteiger partial charge on any atom is -0.147 e. The fourth-order valence-electron chi connectivity index (χ4n) is 0.506. The van der Waals surface area contributed by atoms with Crippen molar-refractivity contribution in [2.45, 2.75) is 0 Å². The fraction of sp³-hybridized carbons (Fsp3) is 0. The predicted molar refractivity (Wildman–Crippen MR) is 56.3 cm³/mol. The van der Waals surface area contributed by atoms with Gasteiger partial charge in [0.15, 0.2) is 24.5 Å². The maximum atomic E-state index is 4.85. The monoisotopic (exact) mass is 213 g/mol. The molecule has 0 spiro atoms. The summed E-state index contributed by atoms with van der Waals surface area (Å²) >= 11 is 4.85. The third kappa shape index (κ3) is 4.19. The molecule has 0 aliphatic rings. The van der Waals surface area contributed by atoms with Crippen LogP contribution in [0.1, 0.15) is 0 Å². The summed E-state index contributed by atoms with van der Waals surface area (Å²) in [4.78, 5) is 0. The topological polar surface area (TPSA) is 0 Å². The van der Waals surface area contributed by atoms with Gasteiger partial charge in [-0.3, -0.25) is 0 Å². The lowest BCUT2D eigenvalue weighted by molar-refractivity contribution is 1.78. The van der Waals surface area contributed by atoms with Gasteiger partial charge in [0.05, 0.1) is 0 Å². The van der Waals surface area contributed by atoms with Crippen LogP contribution in [0.2, 0.25) is 0 Å². The van der Waals surface area contributed by atoms with E-state index in [9.17, 15) is 0 Å². The van der Waals surface area contributed by atoms with E-state index in [0.717, 1.165) is 0 Å². The highest BCUT2D eigenvalue weighted by Gasteiger charge is 1.88. The molecule has 0 nitrogen and oxygen atoms in total. The van der Waals surface area contributed by atoms with Crippen LogP contribution in [0.15, 0.2) is 30.3 Å². The van der Waals surface area contributed by atoms with E-state index >= 15 is 0 Å². The fourth-order valence-corrected chi connectivity index (χ4v) is 1.24. The smallest absolute Gasteiger partial charge is 0.147 e. The van der Waals surface area contributed by atoms with Gasteiger partial charge in [0.1, 0.15) is 0 Å². The first kappa shape index (κ1) is 12.9. The molecule has 1 unspecified atom stereocenters. The van der Waals surface area contributed by atoms with Crippen molar-refractivity contribution in [1.29, 1.82) is 0 Å². The molecule has 4 heteroatoms. The summed E-state index contributed by atoms with van der Waals surface area (Å²) in [5.74, 6) is 0. The number of benzene rings is 1. The predicted octanol–water partition coefficient (Wildman–Crippen LogP) is 2.30. The third-order valence-electron chi connectivity index (χ3n) is 0.892. The van der Waals surface area contributed by atoms with Gasteiger partial charge in [0.2, 0.25) is 0 Å². The standard InChI is InChI=1S/C6H5PS.2ClH/c8-7-6-4-2-1-3-5-6;;/h1-5H;2*1H/p+1. The molecule has 0 radical (unpaired) electrons. The van der Waals surface area contributed by atoms with Crippen LogP contribution in [0.25, 0.3) is 0 Å². The van der Waals surface area contributed by atoms with Crippen LogP contribution in [0.4, 0.5) is 0 Å². The normalized spacial score (nSPS) is 7.60. The molecule has 0 aliphatic heterocycles. The Kier molecular flexibility index (Phi) is 9.62. The zero-order valence-corrected chi connectivity index (χ0v) is 8.56. The van der Waals surface area contributed by atoms with Gasteiger partial charge in [-0.1, -0.05) is 18.2 Å². The second-order valence-corrected chi connectivity index (χ2v) is 2.86. The molecule has 0 aromatic heterocycles. The molecule has 1 aromatic rings. The average molecular weight is 214 g/mol. The molecule has 0 amide bonds.